The average molecular weight is 493 g/mol. The van der Waals surface area contributed by atoms with Crippen molar-refractivity contribution in [1.29, 1.82) is 0 Å². The van der Waals surface area contributed by atoms with E-state index >= 15 is 0 Å². The third-order valence-corrected chi connectivity index (χ3v) is 5.29. The van der Waals surface area contributed by atoms with Crippen molar-refractivity contribution in [2.75, 3.05) is 51.7 Å². The zero-order chi connectivity index (χ0) is 18.5. The monoisotopic (exact) mass is 493 g/mol. The van der Waals surface area contributed by atoms with Crippen molar-refractivity contribution in [2.45, 2.75) is 25.3 Å². The minimum absolute atomic E-state index is 0. The summed E-state index contributed by atoms with van der Waals surface area (Å²) in [5.41, 5.74) is 0.0741. The molecule has 27 heavy (non-hydrogen) atoms. The first kappa shape index (κ1) is 22.1. The summed E-state index contributed by atoms with van der Waals surface area (Å²) in [5.74, 6) is 0.378. The number of hydrogen-bond donors (Lipinski definition) is 2. The standard InChI is InChI=1S/C19H29F2N5.HI/c1-22-19(23-11-14-5-4-9-25(2)12-14)24-15-8-10-26(13-15)18-16(20)6-3-7-17(18)21;/h3,6-7,14-15H,4-5,8-13H2,1-2H3,(H2,22,23,24);1H. The lowest BCUT2D eigenvalue weighted by atomic mass is 9.99. The number of likely N-dealkylation sites (tertiary alicyclic amines) is 1. The number of piperidine rings is 1. The van der Waals surface area contributed by atoms with E-state index in [2.05, 4.69) is 27.6 Å². The molecular weight excluding hydrogens is 463 g/mol. The molecule has 1 aromatic rings. The molecule has 2 atom stereocenters. The molecule has 5 nitrogen and oxygen atoms in total. The fraction of sp³-hybridized carbons (Fsp3) is 0.632. The van der Waals surface area contributed by atoms with Crippen molar-refractivity contribution in [1.82, 2.24) is 15.5 Å². The van der Waals surface area contributed by atoms with Gasteiger partial charge in [0.25, 0.3) is 0 Å². The molecule has 0 radical (unpaired) electrons. The first-order valence-electron chi connectivity index (χ1n) is 9.41. The van der Waals surface area contributed by atoms with Gasteiger partial charge in [-0.25, -0.2) is 8.78 Å². The van der Waals surface area contributed by atoms with Crippen LogP contribution in [0.3, 0.4) is 0 Å². The first-order chi connectivity index (χ1) is 12.6. The molecule has 0 amide bonds. The molecule has 0 bridgehead atoms. The van der Waals surface area contributed by atoms with Crippen LogP contribution in [0.15, 0.2) is 23.2 Å². The predicted molar refractivity (Wildman–Crippen MR) is 117 cm³/mol. The average Bonchev–Trinajstić information content (AvgIpc) is 3.06. The third kappa shape index (κ3) is 5.91. The molecule has 0 saturated carbocycles. The predicted octanol–water partition coefficient (Wildman–Crippen LogP) is 2.67. The van der Waals surface area contributed by atoms with E-state index in [9.17, 15) is 8.78 Å². The lowest BCUT2D eigenvalue weighted by Crippen LogP contribution is -2.47. The highest BCUT2D eigenvalue weighted by Crippen LogP contribution is 2.26. The second-order valence-corrected chi connectivity index (χ2v) is 7.37. The van der Waals surface area contributed by atoms with E-state index in [0.717, 1.165) is 25.5 Å². The van der Waals surface area contributed by atoms with E-state index in [1.165, 1.54) is 37.6 Å². The van der Waals surface area contributed by atoms with Gasteiger partial charge < -0.3 is 20.4 Å². The Bertz CT molecular complexity index is 622. The molecule has 2 heterocycles. The highest BCUT2D eigenvalue weighted by molar-refractivity contribution is 14.0. The van der Waals surface area contributed by atoms with Gasteiger partial charge in [0.05, 0.1) is 0 Å². The van der Waals surface area contributed by atoms with E-state index in [1.807, 2.05) is 0 Å². The summed E-state index contributed by atoms with van der Waals surface area (Å²) >= 11 is 0. The summed E-state index contributed by atoms with van der Waals surface area (Å²) in [6.07, 6.45) is 3.29. The lowest BCUT2D eigenvalue weighted by molar-refractivity contribution is 0.210. The van der Waals surface area contributed by atoms with Gasteiger partial charge in [-0.3, -0.25) is 4.99 Å². The van der Waals surface area contributed by atoms with Crippen molar-refractivity contribution < 1.29 is 8.78 Å². The molecule has 2 aliphatic heterocycles. The second kappa shape index (κ2) is 10.4. The van der Waals surface area contributed by atoms with Crippen LogP contribution in [0.2, 0.25) is 0 Å². The second-order valence-electron chi connectivity index (χ2n) is 7.37. The number of halogens is 3. The number of rotatable bonds is 4. The molecule has 8 heteroatoms. The van der Waals surface area contributed by atoms with Gasteiger partial charge in [0, 0.05) is 39.3 Å². The molecule has 2 N–H and O–H groups in total. The molecule has 3 rings (SSSR count). The van der Waals surface area contributed by atoms with Crippen LogP contribution in [0.25, 0.3) is 0 Å². The fourth-order valence-electron chi connectivity index (χ4n) is 3.94. The SMILES string of the molecule is CN=C(NCC1CCCN(C)C1)NC1CCN(c2c(F)cccc2F)C1.I. The van der Waals surface area contributed by atoms with E-state index in [4.69, 9.17) is 0 Å². The van der Waals surface area contributed by atoms with E-state index in [1.54, 1.807) is 11.9 Å². The molecule has 152 valence electrons. The Kier molecular flexibility index (Phi) is 8.53. The number of nitrogens with one attached hydrogen (secondary N) is 2. The molecule has 0 aromatic heterocycles. The molecule has 1 aromatic carbocycles. The van der Waals surface area contributed by atoms with Crippen LogP contribution in [-0.4, -0.2) is 63.7 Å². The third-order valence-electron chi connectivity index (χ3n) is 5.29. The quantitative estimate of drug-likeness (QED) is 0.385. The van der Waals surface area contributed by atoms with Crippen molar-refractivity contribution in [3.63, 3.8) is 0 Å². The maximum absolute atomic E-state index is 14.0. The number of aliphatic imine (C=N–C) groups is 1. The molecule has 2 saturated heterocycles. The van der Waals surface area contributed by atoms with Crippen LogP contribution in [0.4, 0.5) is 14.5 Å². The summed E-state index contributed by atoms with van der Waals surface area (Å²) in [7, 11) is 3.92. The lowest BCUT2D eigenvalue weighted by Gasteiger charge is -2.30. The number of guanidine groups is 1. The highest BCUT2D eigenvalue weighted by atomic mass is 127. The number of nitrogens with zero attached hydrogens (tertiary/aromatic N) is 3. The summed E-state index contributed by atoms with van der Waals surface area (Å²) in [6.45, 7) is 4.36. The summed E-state index contributed by atoms with van der Waals surface area (Å²) < 4.78 is 27.9. The van der Waals surface area contributed by atoms with E-state index < -0.39 is 11.6 Å². The number of para-hydroxylation sites is 1. The fourth-order valence-corrected chi connectivity index (χ4v) is 3.94. The van der Waals surface area contributed by atoms with Crippen LogP contribution < -0.4 is 15.5 Å². The Hall–Kier alpha value is -1.16. The Balaban J connectivity index is 0.00000261. The molecule has 0 aliphatic carbocycles. The minimum atomic E-state index is -0.505. The van der Waals surface area contributed by atoms with Crippen LogP contribution >= 0.6 is 24.0 Å². The number of hydrogen-bond acceptors (Lipinski definition) is 3. The van der Waals surface area contributed by atoms with E-state index in [-0.39, 0.29) is 35.7 Å². The van der Waals surface area contributed by atoms with Crippen molar-refractivity contribution in [3.8, 4) is 0 Å². The normalized spacial score (nSPS) is 23.9. The zero-order valence-electron chi connectivity index (χ0n) is 16.0. The van der Waals surface area contributed by atoms with Crippen molar-refractivity contribution in [3.05, 3.63) is 29.8 Å². The smallest absolute Gasteiger partial charge is 0.191 e. The largest absolute Gasteiger partial charge is 0.365 e. The van der Waals surface area contributed by atoms with E-state index in [0.29, 0.717) is 19.0 Å². The van der Waals surface area contributed by atoms with Crippen molar-refractivity contribution in [2.24, 2.45) is 10.9 Å². The van der Waals surface area contributed by atoms with Gasteiger partial charge in [-0.15, -0.1) is 24.0 Å². The number of anilines is 1. The molecule has 2 fully saturated rings. The van der Waals surface area contributed by atoms with Crippen LogP contribution in [0, 0.1) is 17.6 Å². The molecule has 2 aliphatic rings. The summed E-state index contributed by atoms with van der Waals surface area (Å²) in [6, 6.07) is 4.13. The van der Waals surface area contributed by atoms with Gasteiger partial charge in [-0.1, -0.05) is 6.07 Å². The number of benzene rings is 1. The van der Waals surface area contributed by atoms with Gasteiger partial charge in [-0.05, 0) is 50.9 Å². The Labute approximate surface area is 177 Å². The molecule has 2 unspecified atom stereocenters. The Morgan fingerprint density at radius 3 is 2.59 bits per heavy atom. The summed E-state index contributed by atoms with van der Waals surface area (Å²) in [4.78, 5) is 8.44. The molecule has 0 spiro atoms. The zero-order valence-corrected chi connectivity index (χ0v) is 18.4. The maximum atomic E-state index is 14.0. The van der Waals surface area contributed by atoms with Crippen molar-refractivity contribution >= 4 is 35.6 Å². The van der Waals surface area contributed by atoms with Gasteiger partial charge in [0.1, 0.15) is 17.3 Å². The topological polar surface area (TPSA) is 42.9 Å². The van der Waals surface area contributed by atoms with Crippen LogP contribution in [0.1, 0.15) is 19.3 Å². The minimum Gasteiger partial charge on any atom is -0.365 e. The summed E-state index contributed by atoms with van der Waals surface area (Å²) in [5, 5.41) is 6.80. The van der Waals surface area contributed by atoms with Gasteiger partial charge in [-0.2, -0.15) is 0 Å². The first-order valence-corrected chi connectivity index (χ1v) is 9.41. The van der Waals surface area contributed by atoms with Gasteiger partial charge in [0.2, 0.25) is 0 Å². The van der Waals surface area contributed by atoms with Crippen LogP contribution in [-0.2, 0) is 0 Å². The maximum Gasteiger partial charge on any atom is 0.191 e. The van der Waals surface area contributed by atoms with Gasteiger partial charge >= 0.3 is 0 Å². The van der Waals surface area contributed by atoms with Crippen LogP contribution in [0.5, 0.6) is 0 Å². The molecular formula is C19H30F2IN5. The highest BCUT2D eigenvalue weighted by Gasteiger charge is 2.27. The Morgan fingerprint density at radius 2 is 1.93 bits per heavy atom. The van der Waals surface area contributed by atoms with Gasteiger partial charge in [0.15, 0.2) is 5.96 Å². The Morgan fingerprint density at radius 1 is 1.19 bits per heavy atom.